The summed E-state index contributed by atoms with van der Waals surface area (Å²) in [6, 6.07) is 63.1. The number of aryl methyl sites for hydroxylation is 2. The first kappa shape index (κ1) is 31.7. The lowest BCUT2D eigenvalue weighted by Gasteiger charge is -2.09. The molecule has 0 atom stereocenters. The first-order valence-corrected chi connectivity index (χ1v) is 19.5. The minimum atomic E-state index is 1.04. The second-order valence-electron chi connectivity index (χ2n) is 14.9. The van der Waals surface area contributed by atoms with Crippen LogP contribution >= 0.6 is 0 Å². The Kier molecular flexibility index (Phi) is 7.12. The molecule has 8 aromatic carbocycles. The Morgan fingerprint density at radius 2 is 0.709 bits per heavy atom. The van der Waals surface area contributed by atoms with Crippen LogP contribution in [0.3, 0.4) is 0 Å². The average molecular weight is 706 g/mol. The van der Waals surface area contributed by atoms with E-state index in [9.17, 15) is 0 Å². The van der Waals surface area contributed by atoms with Gasteiger partial charge in [0.05, 0.1) is 22.1 Å². The number of nitrogens with one attached hydrogen (secondary N) is 1. The molecule has 3 aromatic heterocycles. The minimum absolute atomic E-state index is 1.04. The van der Waals surface area contributed by atoms with Crippen molar-refractivity contribution in [3.05, 3.63) is 181 Å². The van der Waals surface area contributed by atoms with Crippen molar-refractivity contribution in [3.63, 3.8) is 0 Å². The maximum Gasteiger partial charge on any atom is 0.0541 e. The highest BCUT2D eigenvalue weighted by Crippen LogP contribution is 2.39. The third-order valence-corrected chi connectivity index (χ3v) is 11.8. The summed E-state index contributed by atoms with van der Waals surface area (Å²) < 4.78 is 4.80. The van der Waals surface area contributed by atoms with Gasteiger partial charge in [0.1, 0.15) is 0 Å². The van der Waals surface area contributed by atoms with Crippen molar-refractivity contribution in [2.45, 2.75) is 26.7 Å². The number of para-hydroxylation sites is 2. The van der Waals surface area contributed by atoms with Crippen LogP contribution in [0, 0.1) is 0 Å². The van der Waals surface area contributed by atoms with Crippen molar-refractivity contribution in [1.29, 1.82) is 0 Å². The highest BCUT2D eigenvalue weighted by molar-refractivity contribution is 6.13. The van der Waals surface area contributed by atoms with Crippen molar-refractivity contribution < 1.29 is 0 Å². The maximum atomic E-state index is 3.70. The van der Waals surface area contributed by atoms with Gasteiger partial charge in [-0.05, 0) is 131 Å². The molecule has 262 valence electrons. The molecule has 3 nitrogen and oxygen atoms in total. The van der Waals surface area contributed by atoms with Crippen molar-refractivity contribution >= 4 is 65.4 Å². The van der Waals surface area contributed by atoms with Gasteiger partial charge in [-0.3, -0.25) is 0 Å². The van der Waals surface area contributed by atoms with Gasteiger partial charge in [-0.15, -0.1) is 0 Å². The number of hydrogen-bond donors (Lipinski definition) is 1. The largest absolute Gasteiger partial charge is 0.355 e. The van der Waals surface area contributed by atoms with Crippen LogP contribution in [0.15, 0.2) is 170 Å². The average Bonchev–Trinajstić information content (AvgIpc) is 3.90. The molecule has 0 fully saturated rings. The Balaban J connectivity index is 1.02. The van der Waals surface area contributed by atoms with E-state index in [1.54, 1.807) is 0 Å². The molecule has 3 heterocycles. The van der Waals surface area contributed by atoms with E-state index >= 15 is 0 Å². The van der Waals surface area contributed by atoms with E-state index in [1.807, 2.05) is 0 Å². The van der Waals surface area contributed by atoms with Gasteiger partial charge in [-0.2, -0.15) is 0 Å². The highest BCUT2D eigenvalue weighted by Gasteiger charge is 2.16. The lowest BCUT2D eigenvalue weighted by Crippen LogP contribution is -1.94. The number of aromatic nitrogens is 3. The van der Waals surface area contributed by atoms with Crippen LogP contribution in [0.1, 0.15) is 25.0 Å². The van der Waals surface area contributed by atoms with E-state index in [1.165, 1.54) is 99.1 Å². The lowest BCUT2D eigenvalue weighted by atomic mass is 9.98. The summed E-state index contributed by atoms with van der Waals surface area (Å²) in [4.78, 5) is 3.70. The SMILES string of the molecule is CCc1ccc(-n2c3ccccc3c3cc(-c4ccc5[nH]c6ccc(-c7ccc8c(c7)c7ccccc7n8-c7ccc(CC)cc7)cc6c5c4)ccc32)cc1. The van der Waals surface area contributed by atoms with E-state index in [-0.39, 0.29) is 0 Å². The van der Waals surface area contributed by atoms with Crippen molar-refractivity contribution in [3.8, 4) is 33.6 Å². The van der Waals surface area contributed by atoms with E-state index in [2.05, 4.69) is 198 Å². The Bertz CT molecular complexity index is 3040. The molecule has 0 aliphatic carbocycles. The molecule has 1 N–H and O–H groups in total. The highest BCUT2D eigenvalue weighted by atomic mass is 15.0. The quantitative estimate of drug-likeness (QED) is 0.178. The third-order valence-electron chi connectivity index (χ3n) is 11.8. The fourth-order valence-electron chi connectivity index (χ4n) is 8.88. The predicted molar refractivity (Wildman–Crippen MR) is 234 cm³/mol. The molecule has 0 bridgehead atoms. The molecule has 0 saturated carbocycles. The fraction of sp³-hybridized carbons (Fsp3) is 0.0769. The topological polar surface area (TPSA) is 25.6 Å². The molecule has 11 rings (SSSR count). The summed E-state index contributed by atoms with van der Waals surface area (Å²) in [7, 11) is 0. The monoisotopic (exact) mass is 705 g/mol. The van der Waals surface area contributed by atoms with Crippen LogP contribution in [0.2, 0.25) is 0 Å². The van der Waals surface area contributed by atoms with Gasteiger partial charge in [0, 0.05) is 54.7 Å². The van der Waals surface area contributed by atoms with Crippen LogP contribution in [0.4, 0.5) is 0 Å². The molecule has 0 spiro atoms. The molecule has 0 aliphatic heterocycles. The number of hydrogen-bond acceptors (Lipinski definition) is 0. The molecule has 0 amide bonds. The van der Waals surface area contributed by atoms with Gasteiger partial charge in [-0.25, -0.2) is 0 Å². The van der Waals surface area contributed by atoms with Gasteiger partial charge >= 0.3 is 0 Å². The summed E-state index contributed by atoms with van der Waals surface area (Å²) in [5.74, 6) is 0. The van der Waals surface area contributed by atoms with Crippen LogP contribution < -0.4 is 0 Å². The van der Waals surface area contributed by atoms with Crippen LogP contribution in [-0.4, -0.2) is 14.1 Å². The number of nitrogens with zero attached hydrogens (tertiary/aromatic N) is 2. The summed E-state index contributed by atoms with van der Waals surface area (Å²) in [5.41, 5.74) is 17.2. The number of fused-ring (bicyclic) bond motifs is 9. The molecule has 0 saturated heterocycles. The minimum Gasteiger partial charge on any atom is -0.355 e. The maximum absolute atomic E-state index is 3.70. The van der Waals surface area contributed by atoms with E-state index in [0.717, 1.165) is 23.9 Å². The summed E-state index contributed by atoms with van der Waals surface area (Å²) >= 11 is 0. The van der Waals surface area contributed by atoms with Gasteiger partial charge in [0.25, 0.3) is 0 Å². The summed E-state index contributed by atoms with van der Waals surface area (Å²) in [5, 5.41) is 7.55. The van der Waals surface area contributed by atoms with Crippen molar-refractivity contribution in [1.82, 2.24) is 14.1 Å². The number of H-pyrrole nitrogens is 1. The lowest BCUT2D eigenvalue weighted by molar-refractivity contribution is 1.12. The first-order valence-electron chi connectivity index (χ1n) is 19.5. The van der Waals surface area contributed by atoms with Gasteiger partial charge in [0.15, 0.2) is 0 Å². The first-order chi connectivity index (χ1) is 27.1. The van der Waals surface area contributed by atoms with Gasteiger partial charge in [-0.1, -0.05) is 98.8 Å². The number of benzene rings is 8. The Morgan fingerprint density at radius 3 is 1.13 bits per heavy atom. The number of rotatable bonds is 6. The standard InChI is InChI=1S/C52H39N3/c1-3-33-13-21-39(22-14-33)54-49-11-7-5-9-41(49)45-31-37(19-27-51(45)54)35-17-25-47-43(29-35)44-30-36(18-26-48(44)53-47)38-20-28-52-46(32-38)42-10-6-8-12-50(42)55(52)40-23-15-34(4-2)16-24-40/h5-32,53H,3-4H2,1-2H3. The Labute approximate surface area is 319 Å². The molecule has 0 aliphatic rings. The second-order valence-corrected chi connectivity index (χ2v) is 14.9. The Morgan fingerprint density at radius 1 is 0.345 bits per heavy atom. The zero-order valence-corrected chi connectivity index (χ0v) is 31.0. The molecule has 55 heavy (non-hydrogen) atoms. The summed E-state index contributed by atoms with van der Waals surface area (Å²) in [6.07, 6.45) is 2.08. The zero-order chi connectivity index (χ0) is 36.6. The smallest absolute Gasteiger partial charge is 0.0541 e. The van der Waals surface area contributed by atoms with Gasteiger partial charge in [0.2, 0.25) is 0 Å². The van der Waals surface area contributed by atoms with Gasteiger partial charge < -0.3 is 14.1 Å². The number of aromatic amines is 1. The molecule has 11 aromatic rings. The second kappa shape index (κ2) is 12.4. The molecule has 0 radical (unpaired) electrons. The summed E-state index contributed by atoms with van der Waals surface area (Å²) in [6.45, 7) is 4.41. The van der Waals surface area contributed by atoms with Crippen molar-refractivity contribution in [2.24, 2.45) is 0 Å². The van der Waals surface area contributed by atoms with E-state index in [4.69, 9.17) is 0 Å². The zero-order valence-electron chi connectivity index (χ0n) is 31.0. The predicted octanol–water partition coefficient (Wildman–Crippen LogP) is 14.0. The Hall–Kier alpha value is -6.84. The van der Waals surface area contributed by atoms with E-state index < -0.39 is 0 Å². The molecule has 3 heteroatoms. The molecular formula is C52H39N3. The fourth-order valence-corrected chi connectivity index (χ4v) is 8.88. The van der Waals surface area contributed by atoms with Crippen LogP contribution in [0.5, 0.6) is 0 Å². The molecule has 0 unspecified atom stereocenters. The van der Waals surface area contributed by atoms with Crippen LogP contribution in [0.25, 0.3) is 99.0 Å². The van der Waals surface area contributed by atoms with E-state index in [0.29, 0.717) is 0 Å². The molecular weight excluding hydrogens is 667 g/mol. The third kappa shape index (κ3) is 4.97. The normalized spacial score (nSPS) is 12.0. The van der Waals surface area contributed by atoms with Crippen molar-refractivity contribution in [2.75, 3.05) is 0 Å². The van der Waals surface area contributed by atoms with Crippen LogP contribution in [-0.2, 0) is 12.8 Å².